The second kappa shape index (κ2) is 7.03. The summed E-state index contributed by atoms with van der Waals surface area (Å²) in [6.07, 6.45) is 0.0801. The number of oxazole rings is 1. The van der Waals surface area contributed by atoms with E-state index in [0.717, 1.165) is 0 Å². The van der Waals surface area contributed by atoms with Crippen molar-refractivity contribution in [2.75, 3.05) is 12.4 Å². The Labute approximate surface area is 157 Å². The van der Waals surface area contributed by atoms with Crippen molar-refractivity contribution < 1.29 is 18.7 Å². The van der Waals surface area contributed by atoms with Gasteiger partial charge in [0.25, 0.3) is 0 Å². The van der Waals surface area contributed by atoms with E-state index < -0.39 is 11.7 Å². The summed E-state index contributed by atoms with van der Waals surface area (Å²) < 4.78 is 11.3. The van der Waals surface area contributed by atoms with Gasteiger partial charge < -0.3 is 14.5 Å². The van der Waals surface area contributed by atoms with Crippen LogP contribution in [0.3, 0.4) is 0 Å². The summed E-state index contributed by atoms with van der Waals surface area (Å²) in [5, 5.41) is 9.98. The van der Waals surface area contributed by atoms with Crippen LogP contribution < -0.4 is 11.1 Å². The van der Waals surface area contributed by atoms with E-state index in [1.165, 1.54) is 11.7 Å². The molecule has 2 N–H and O–H groups in total. The smallest absolute Gasteiger partial charge is 0.419 e. The number of benzene rings is 2. The van der Waals surface area contributed by atoms with Gasteiger partial charge in [0.05, 0.1) is 18.1 Å². The second-order valence-electron chi connectivity index (χ2n) is 6.11. The molecule has 9 nitrogen and oxygen atoms in total. The predicted octanol–water partition coefficient (Wildman–Crippen LogP) is 2.29. The number of carbonyl (C=O) groups is 2. The van der Waals surface area contributed by atoms with Crippen LogP contribution in [0.4, 0.5) is 5.69 Å². The Hall–Kier alpha value is -3.88. The van der Waals surface area contributed by atoms with Crippen LogP contribution in [0.15, 0.2) is 51.7 Å². The second-order valence-corrected chi connectivity index (χ2v) is 6.11. The van der Waals surface area contributed by atoms with Crippen LogP contribution in [0.2, 0.25) is 0 Å². The van der Waals surface area contributed by atoms with Crippen molar-refractivity contribution in [1.29, 1.82) is 0 Å². The number of aryl methyl sites for hydroxylation is 1. The highest BCUT2D eigenvalue weighted by Crippen LogP contribution is 2.21. The molecule has 0 unspecified atom stereocenters. The molecule has 0 aliphatic rings. The Bertz CT molecular complexity index is 1250. The summed E-state index contributed by atoms with van der Waals surface area (Å²) in [7, 11) is 1.27. The first-order valence-corrected chi connectivity index (χ1v) is 8.51. The van der Waals surface area contributed by atoms with Gasteiger partial charge in [-0.25, -0.2) is 9.59 Å². The number of anilines is 1. The Morgan fingerprint density at radius 1 is 1.25 bits per heavy atom. The average molecular weight is 380 g/mol. The van der Waals surface area contributed by atoms with Gasteiger partial charge in [-0.15, -0.1) is 0 Å². The number of methoxy groups -OCH3 is 1. The topological polar surface area (TPSA) is 119 Å². The highest BCUT2D eigenvalue weighted by Gasteiger charge is 2.15. The molecule has 28 heavy (non-hydrogen) atoms. The molecular weight excluding hydrogens is 364 g/mol. The Morgan fingerprint density at radius 3 is 2.89 bits per heavy atom. The third-order valence-corrected chi connectivity index (χ3v) is 4.36. The highest BCUT2D eigenvalue weighted by molar-refractivity contribution is 6.03. The van der Waals surface area contributed by atoms with E-state index in [9.17, 15) is 14.4 Å². The zero-order valence-electron chi connectivity index (χ0n) is 14.9. The Balaban J connectivity index is 1.50. The lowest BCUT2D eigenvalue weighted by atomic mass is 10.2. The number of nitrogens with one attached hydrogen (secondary N) is 2. The summed E-state index contributed by atoms with van der Waals surface area (Å²) >= 11 is 0. The highest BCUT2D eigenvalue weighted by atomic mass is 16.5. The molecule has 2 heterocycles. The number of nitrogens with zero attached hydrogens (tertiary/aromatic N) is 2. The lowest BCUT2D eigenvalue weighted by molar-refractivity contribution is -0.116. The van der Waals surface area contributed by atoms with Crippen molar-refractivity contribution in [3.8, 4) is 0 Å². The maximum absolute atomic E-state index is 12.3. The number of H-pyrrole nitrogens is 1. The molecule has 9 heteroatoms. The third kappa shape index (κ3) is 3.13. The molecule has 0 atom stereocenters. The van der Waals surface area contributed by atoms with E-state index in [1.807, 2.05) is 0 Å². The van der Waals surface area contributed by atoms with Crippen molar-refractivity contribution in [2.45, 2.75) is 13.0 Å². The van der Waals surface area contributed by atoms with Gasteiger partial charge in [-0.1, -0.05) is 12.1 Å². The molecule has 1 amide bonds. The van der Waals surface area contributed by atoms with Crippen LogP contribution in [0.5, 0.6) is 0 Å². The largest absolute Gasteiger partial charge is 0.464 e. The van der Waals surface area contributed by atoms with E-state index in [1.54, 1.807) is 42.5 Å². The molecule has 0 saturated heterocycles. The van der Waals surface area contributed by atoms with Crippen LogP contribution in [-0.4, -0.2) is 33.8 Å². The van der Waals surface area contributed by atoms with E-state index in [4.69, 9.17) is 9.15 Å². The number of rotatable bonds is 5. The minimum Gasteiger partial charge on any atom is -0.464 e. The molecule has 0 aliphatic carbocycles. The van der Waals surface area contributed by atoms with Gasteiger partial charge >= 0.3 is 11.7 Å². The molecule has 2 aromatic carbocycles. The van der Waals surface area contributed by atoms with Crippen LogP contribution in [0.25, 0.3) is 22.0 Å². The van der Waals surface area contributed by atoms with Gasteiger partial charge in [0, 0.05) is 24.0 Å². The SMILES string of the molecule is COC(=O)c1n[nH]c2ccc(NC(=O)CCn3c(=O)oc4ccccc43)cc12. The first-order chi connectivity index (χ1) is 13.6. The van der Waals surface area contributed by atoms with E-state index in [0.29, 0.717) is 27.7 Å². The molecule has 0 aliphatic heterocycles. The molecule has 0 bridgehead atoms. The third-order valence-electron chi connectivity index (χ3n) is 4.36. The molecule has 0 radical (unpaired) electrons. The predicted molar refractivity (Wildman–Crippen MR) is 101 cm³/mol. The summed E-state index contributed by atoms with van der Waals surface area (Å²) in [5.74, 6) is -1.35. The first-order valence-electron chi connectivity index (χ1n) is 8.51. The fourth-order valence-electron chi connectivity index (χ4n) is 3.01. The zero-order chi connectivity index (χ0) is 19.7. The lowest BCUT2D eigenvalue weighted by Gasteiger charge is -2.06. The monoisotopic (exact) mass is 380 g/mol. The van der Waals surface area contributed by atoms with Gasteiger partial charge in [-0.05, 0) is 30.3 Å². The maximum atomic E-state index is 12.3. The number of esters is 1. The van der Waals surface area contributed by atoms with Crippen LogP contribution >= 0.6 is 0 Å². The molecule has 4 aromatic rings. The number of carbonyl (C=O) groups excluding carboxylic acids is 2. The molecule has 4 rings (SSSR count). The van der Waals surface area contributed by atoms with Crippen molar-refractivity contribution in [3.63, 3.8) is 0 Å². The molecular formula is C19H16N4O5. The number of hydrogen-bond donors (Lipinski definition) is 2. The van der Waals surface area contributed by atoms with Crippen molar-refractivity contribution in [3.05, 3.63) is 58.7 Å². The fourth-order valence-corrected chi connectivity index (χ4v) is 3.01. The van der Waals surface area contributed by atoms with E-state index in [2.05, 4.69) is 15.5 Å². The minimum absolute atomic E-state index is 0.0801. The molecule has 0 saturated carbocycles. The van der Waals surface area contributed by atoms with Crippen molar-refractivity contribution in [2.24, 2.45) is 0 Å². The standard InChI is InChI=1S/C19H16N4O5/c1-27-18(25)17-12-10-11(6-7-13(12)21-22-17)20-16(24)8-9-23-14-4-2-3-5-15(14)28-19(23)26/h2-7,10H,8-9H2,1H3,(H,20,24)(H,21,22). The van der Waals surface area contributed by atoms with Gasteiger partial charge in [-0.3, -0.25) is 14.5 Å². The Kier molecular flexibility index (Phi) is 4.40. The number of aromatic nitrogens is 3. The van der Waals surface area contributed by atoms with Gasteiger partial charge in [0.1, 0.15) is 0 Å². The molecule has 0 fully saturated rings. The normalized spacial score (nSPS) is 11.0. The number of aromatic amines is 1. The fraction of sp³-hybridized carbons (Fsp3) is 0.158. The number of hydrogen-bond acceptors (Lipinski definition) is 6. The first kappa shape index (κ1) is 17.5. The van der Waals surface area contributed by atoms with E-state index >= 15 is 0 Å². The summed E-state index contributed by atoms with van der Waals surface area (Å²) in [5.41, 5.74) is 2.42. The van der Waals surface area contributed by atoms with Gasteiger partial charge in [0.2, 0.25) is 5.91 Å². The average Bonchev–Trinajstić information content (AvgIpc) is 3.25. The zero-order valence-corrected chi connectivity index (χ0v) is 14.9. The summed E-state index contributed by atoms with van der Waals surface area (Å²) in [6.45, 7) is 0.184. The quantitative estimate of drug-likeness (QED) is 0.513. The number of para-hydroxylation sites is 2. The molecule has 2 aromatic heterocycles. The minimum atomic E-state index is -0.569. The van der Waals surface area contributed by atoms with Crippen LogP contribution in [0.1, 0.15) is 16.9 Å². The van der Waals surface area contributed by atoms with Crippen molar-refractivity contribution in [1.82, 2.24) is 14.8 Å². The van der Waals surface area contributed by atoms with Crippen molar-refractivity contribution >= 4 is 39.6 Å². The number of fused-ring (bicyclic) bond motifs is 2. The Morgan fingerprint density at radius 2 is 2.07 bits per heavy atom. The van der Waals surface area contributed by atoms with Crippen LogP contribution in [-0.2, 0) is 16.1 Å². The lowest BCUT2D eigenvalue weighted by Crippen LogP contribution is -2.19. The van der Waals surface area contributed by atoms with Crippen LogP contribution in [0, 0.1) is 0 Å². The van der Waals surface area contributed by atoms with E-state index in [-0.39, 0.29) is 24.6 Å². The van der Waals surface area contributed by atoms with Gasteiger partial charge in [-0.2, -0.15) is 5.10 Å². The molecule has 142 valence electrons. The maximum Gasteiger partial charge on any atom is 0.419 e. The molecule has 0 spiro atoms. The number of amides is 1. The number of ether oxygens (including phenoxy) is 1. The van der Waals surface area contributed by atoms with Gasteiger partial charge in [0.15, 0.2) is 11.3 Å². The summed E-state index contributed by atoms with van der Waals surface area (Å²) in [4.78, 5) is 36.1. The summed E-state index contributed by atoms with van der Waals surface area (Å²) in [6, 6.07) is 12.1.